The molecule has 0 atom stereocenters. The van der Waals surface area contributed by atoms with Crippen LogP contribution in [0.3, 0.4) is 0 Å². The molecule has 0 aliphatic carbocycles. The van der Waals surface area contributed by atoms with Crippen LogP contribution in [0.2, 0.25) is 0 Å². The topological polar surface area (TPSA) is 66.8 Å². The van der Waals surface area contributed by atoms with E-state index in [2.05, 4.69) is 0 Å². The normalized spacial score (nSPS) is 12.3. The van der Waals surface area contributed by atoms with Gasteiger partial charge in [-0.3, -0.25) is 0 Å². The lowest BCUT2D eigenvalue weighted by molar-refractivity contribution is 0.0737. The largest absolute Gasteiger partial charge is 0.392 e. The van der Waals surface area contributed by atoms with Crippen molar-refractivity contribution in [3.05, 3.63) is 29.6 Å². The van der Waals surface area contributed by atoms with Crippen molar-refractivity contribution in [3.8, 4) is 0 Å². The number of rotatable bonds is 7. The van der Waals surface area contributed by atoms with Gasteiger partial charge in [-0.1, -0.05) is 6.07 Å². The number of hydrogen-bond donors (Lipinski definition) is 1. The smallest absolute Gasteiger partial charge is 0.245 e. The number of nitrogens with zero attached hydrogens (tertiary/aromatic N) is 1. The second-order valence-electron chi connectivity index (χ2n) is 4.67. The molecule has 0 aliphatic heterocycles. The van der Waals surface area contributed by atoms with E-state index in [9.17, 15) is 12.8 Å². The fourth-order valence-electron chi connectivity index (χ4n) is 1.55. The molecule has 0 aliphatic rings. The molecule has 5 nitrogen and oxygen atoms in total. The van der Waals surface area contributed by atoms with Gasteiger partial charge in [0.05, 0.1) is 19.3 Å². The van der Waals surface area contributed by atoms with Crippen LogP contribution in [0.15, 0.2) is 23.1 Å². The van der Waals surface area contributed by atoms with Gasteiger partial charge >= 0.3 is 0 Å². The van der Waals surface area contributed by atoms with E-state index in [1.54, 1.807) is 0 Å². The van der Waals surface area contributed by atoms with Crippen molar-refractivity contribution >= 4 is 10.0 Å². The van der Waals surface area contributed by atoms with Gasteiger partial charge in [-0.05, 0) is 31.5 Å². The first-order chi connectivity index (χ1) is 9.28. The Morgan fingerprint density at radius 1 is 1.40 bits per heavy atom. The quantitative estimate of drug-likeness (QED) is 0.826. The Bertz CT molecular complexity index is 545. The van der Waals surface area contributed by atoms with Crippen LogP contribution >= 0.6 is 0 Å². The van der Waals surface area contributed by atoms with Crippen molar-refractivity contribution in [3.63, 3.8) is 0 Å². The number of aliphatic hydroxyl groups is 1. The van der Waals surface area contributed by atoms with E-state index in [1.165, 1.54) is 13.1 Å². The predicted molar refractivity (Wildman–Crippen MR) is 73.2 cm³/mol. The molecule has 0 fully saturated rings. The minimum Gasteiger partial charge on any atom is -0.392 e. The fraction of sp³-hybridized carbons (Fsp3) is 0.538. The van der Waals surface area contributed by atoms with Crippen molar-refractivity contribution in [1.29, 1.82) is 0 Å². The van der Waals surface area contributed by atoms with Crippen LogP contribution in [0, 0.1) is 5.82 Å². The number of benzene rings is 1. The van der Waals surface area contributed by atoms with Crippen molar-refractivity contribution in [2.24, 2.45) is 0 Å². The number of ether oxygens (including phenoxy) is 1. The molecule has 1 aromatic rings. The summed E-state index contributed by atoms with van der Waals surface area (Å²) in [5.41, 5.74) is 0.344. The Morgan fingerprint density at radius 3 is 2.60 bits per heavy atom. The van der Waals surface area contributed by atoms with Gasteiger partial charge in [-0.15, -0.1) is 0 Å². The first-order valence-corrected chi connectivity index (χ1v) is 7.70. The van der Waals surface area contributed by atoms with Crippen LogP contribution in [-0.2, 0) is 21.4 Å². The van der Waals surface area contributed by atoms with Crippen molar-refractivity contribution in [1.82, 2.24) is 4.31 Å². The maximum absolute atomic E-state index is 13.7. The molecule has 1 aromatic carbocycles. The summed E-state index contributed by atoms with van der Waals surface area (Å²) in [6, 6.07) is 3.53. The Hall–Kier alpha value is -1.02. The summed E-state index contributed by atoms with van der Waals surface area (Å²) in [6.45, 7) is 3.71. The molecule has 1 N–H and O–H groups in total. The lowest BCUT2D eigenvalue weighted by Gasteiger charge is -2.18. The average molecular weight is 305 g/mol. The summed E-state index contributed by atoms with van der Waals surface area (Å²) in [4.78, 5) is -0.434. The molecule has 0 heterocycles. The minimum absolute atomic E-state index is 0.000516. The summed E-state index contributed by atoms with van der Waals surface area (Å²) in [5, 5.41) is 9.01. The molecular weight excluding hydrogens is 285 g/mol. The van der Waals surface area contributed by atoms with E-state index >= 15 is 0 Å². The highest BCUT2D eigenvalue weighted by Gasteiger charge is 2.24. The van der Waals surface area contributed by atoms with E-state index in [0.717, 1.165) is 16.4 Å². The fourth-order valence-corrected chi connectivity index (χ4v) is 2.81. The number of sulfonamides is 1. The van der Waals surface area contributed by atoms with Gasteiger partial charge < -0.3 is 9.84 Å². The predicted octanol–water partition coefficient (Wildman–Crippen LogP) is 1.36. The van der Waals surface area contributed by atoms with E-state index in [-0.39, 0.29) is 25.9 Å². The van der Waals surface area contributed by atoms with Gasteiger partial charge in [-0.25, -0.2) is 12.8 Å². The molecule has 0 radical (unpaired) electrons. The van der Waals surface area contributed by atoms with Crippen LogP contribution in [0.25, 0.3) is 0 Å². The highest BCUT2D eigenvalue weighted by molar-refractivity contribution is 7.89. The number of likely N-dealkylation sites (N-methyl/N-ethyl adjacent to an activating group) is 1. The third kappa shape index (κ3) is 4.24. The van der Waals surface area contributed by atoms with E-state index in [1.807, 2.05) is 13.8 Å². The van der Waals surface area contributed by atoms with Gasteiger partial charge in [0, 0.05) is 13.6 Å². The third-order valence-corrected chi connectivity index (χ3v) is 4.60. The highest BCUT2D eigenvalue weighted by Crippen LogP contribution is 2.20. The van der Waals surface area contributed by atoms with Crippen LogP contribution in [0.4, 0.5) is 4.39 Å². The summed E-state index contributed by atoms with van der Waals surface area (Å²) in [6.07, 6.45) is 0.000516. The SMILES string of the molecule is CC(C)OCCN(C)S(=O)(=O)c1cc(CO)ccc1F. The highest BCUT2D eigenvalue weighted by atomic mass is 32.2. The minimum atomic E-state index is -3.93. The molecule has 114 valence electrons. The number of aliphatic hydroxyl groups excluding tert-OH is 1. The van der Waals surface area contributed by atoms with Crippen molar-refractivity contribution in [2.45, 2.75) is 31.5 Å². The molecule has 7 heteroatoms. The third-order valence-electron chi connectivity index (χ3n) is 2.72. The van der Waals surface area contributed by atoms with Crippen LogP contribution in [0.1, 0.15) is 19.4 Å². The van der Waals surface area contributed by atoms with Crippen LogP contribution in [0.5, 0.6) is 0 Å². The molecule has 1 rings (SSSR count). The standard InChI is InChI=1S/C13H20FNO4S/c1-10(2)19-7-6-15(3)20(17,18)13-8-11(9-16)4-5-12(13)14/h4-5,8,10,16H,6-7,9H2,1-3H3. The van der Waals surface area contributed by atoms with Crippen molar-refractivity contribution in [2.75, 3.05) is 20.2 Å². The monoisotopic (exact) mass is 305 g/mol. The van der Waals surface area contributed by atoms with Gasteiger partial charge in [-0.2, -0.15) is 4.31 Å². The Kier molecular flexibility index (Phi) is 6.07. The summed E-state index contributed by atoms with van der Waals surface area (Å²) >= 11 is 0. The van der Waals surface area contributed by atoms with Crippen LogP contribution in [-0.4, -0.2) is 44.1 Å². The van der Waals surface area contributed by atoms with E-state index < -0.39 is 20.7 Å². The maximum Gasteiger partial charge on any atom is 0.245 e. The van der Waals surface area contributed by atoms with E-state index in [4.69, 9.17) is 9.84 Å². The molecular formula is C13H20FNO4S. The zero-order chi connectivity index (χ0) is 15.3. The summed E-state index contributed by atoms with van der Waals surface area (Å²) in [7, 11) is -2.57. The summed E-state index contributed by atoms with van der Waals surface area (Å²) < 4.78 is 44.5. The molecule has 20 heavy (non-hydrogen) atoms. The maximum atomic E-state index is 13.7. The van der Waals surface area contributed by atoms with E-state index in [0.29, 0.717) is 5.56 Å². The van der Waals surface area contributed by atoms with Crippen LogP contribution < -0.4 is 0 Å². The van der Waals surface area contributed by atoms with Gasteiger partial charge in [0.2, 0.25) is 10.0 Å². The molecule has 0 saturated carbocycles. The van der Waals surface area contributed by atoms with Gasteiger partial charge in [0.25, 0.3) is 0 Å². The van der Waals surface area contributed by atoms with Gasteiger partial charge in [0.15, 0.2) is 0 Å². The second-order valence-corrected chi connectivity index (χ2v) is 6.68. The first kappa shape index (κ1) is 17.0. The molecule has 0 bridgehead atoms. The second kappa shape index (κ2) is 7.12. The van der Waals surface area contributed by atoms with Crippen molar-refractivity contribution < 1.29 is 22.7 Å². The zero-order valence-electron chi connectivity index (χ0n) is 11.8. The Balaban J connectivity index is 2.92. The average Bonchev–Trinajstić information content (AvgIpc) is 2.38. The Morgan fingerprint density at radius 2 is 2.05 bits per heavy atom. The van der Waals surface area contributed by atoms with Gasteiger partial charge in [0.1, 0.15) is 10.7 Å². The number of halogens is 1. The zero-order valence-corrected chi connectivity index (χ0v) is 12.7. The lowest BCUT2D eigenvalue weighted by atomic mass is 10.2. The molecule has 0 saturated heterocycles. The Labute approximate surface area is 119 Å². The molecule has 0 spiro atoms. The lowest BCUT2D eigenvalue weighted by Crippen LogP contribution is -2.31. The number of hydrogen-bond acceptors (Lipinski definition) is 4. The molecule has 0 unspecified atom stereocenters. The summed E-state index contributed by atoms with van der Waals surface area (Å²) in [5.74, 6) is -0.834. The first-order valence-electron chi connectivity index (χ1n) is 6.26. The molecule has 0 aromatic heterocycles. The molecule has 0 amide bonds.